The van der Waals surface area contributed by atoms with Crippen molar-refractivity contribution in [2.24, 2.45) is 0 Å². The van der Waals surface area contributed by atoms with Crippen LogP contribution in [-0.4, -0.2) is 57.7 Å². The molecule has 0 spiro atoms. The zero-order valence-corrected chi connectivity index (χ0v) is 15.2. The van der Waals surface area contributed by atoms with Crippen LogP contribution in [-0.2, 0) is 6.42 Å². The quantitative estimate of drug-likeness (QED) is 0.839. The minimum absolute atomic E-state index is 0.0556. The number of carboxylic acid groups (broad SMARTS) is 1. The zero-order valence-electron chi connectivity index (χ0n) is 14.4. The van der Waals surface area contributed by atoms with Crippen LogP contribution in [0.5, 0.6) is 0 Å². The van der Waals surface area contributed by atoms with E-state index in [1.165, 1.54) is 17.3 Å². The van der Waals surface area contributed by atoms with Gasteiger partial charge in [-0.25, -0.2) is 14.8 Å². The Hall–Kier alpha value is -2.87. The maximum Gasteiger partial charge on any atom is 0.411 e. The predicted molar refractivity (Wildman–Crippen MR) is 100 cm³/mol. The summed E-state index contributed by atoms with van der Waals surface area (Å²) in [5.74, 6) is 0.379. The number of aromatic nitrogens is 2. The van der Waals surface area contributed by atoms with Crippen molar-refractivity contribution in [2.45, 2.75) is 18.9 Å². The topological polar surface area (TPSA) is 98.7 Å². The van der Waals surface area contributed by atoms with Gasteiger partial charge in [-0.15, -0.1) is 0 Å². The number of fused-ring (bicyclic) bond motifs is 1. The Morgan fingerprint density at radius 2 is 2.00 bits per heavy atom. The Balaban J connectivity index is 1.44. The molecule has 1 saturated heterocycles. The Morgan fingerprint density at radius 3 is 2.74 bits per heavy atom. The third kappa shape index (κ3) is 3.52. The summed E-state index contributed by atoms with van der Waals surface area (Å²) in [5.41, 5.74) is 2.07. The van der Waals surface area contributed by atoms with E-state index >= 15 is 0 Å². The van der Waals surface area contributed by atoms with E-state index in [4.69, 9.17) is 11.6 Å². The summed E-state index contributed by atoms with van der Waals surface area (Å²) in [4.78, 5) is 35.5. The number of nitrogens with zero attached hydrogens (tertiary/aromatic N) is 4. The van der Waals surface area contributed by atoms with Gasteiger partial charge in [-0.2, -0.15) is 0 Å². The summed E-state index contributed by atoms with van der Waals surface area (Å²) in [6.45, 7) is 1.58. The molecule has 1 fully saturated rings. The number of nitrogens with one attached hydrogen (secondary N) is 1. The first-order valence-electron chi connectivity index (χ1n) is 8.68. The highest BCUT2D eigenvalue weighted by atomic mass is 35.5. The maximum absolute atomic E-state index is 12.8. The molecule has 1 atom stereocenters. The molecule has 27 heavy (non-hydrogen) atoms. The van der Waals surface area contributed by atoms with Crippen molar-refractivity contribution in [3.8, 4) is 0 Å². The molecule has 2 amide bonds. The molecule has 140 valence electrons. The predicted octanol–water partition coefficient (Wildman–Crippen LogP) is 2.50. The van der Waals surface area contributed by atoms with Gasteiger partial charge in [0, 0.05) is 31.2 Å². The van der Waals surface area contributed by atoms with Gasteiger partial charge in [-0.1, -0.05) is 17.7 Å². The lowest BCUT2D eigenvalue weighted by molar-refractivity contribution is 0.0791. The van der Waals surface area contributed by atoms with Gasteiger partial charge >= 0.3 is 6.09 Å². The molecule has 2 aliphatic heterocycles. The lowest BCUT2D eigenvalue weighted by Crippen LogP contribution is -2.32. The minimum atomic E-state index is -0.994. The lowest BCUT2D eigenvalue weighted by Gasteiger charge is -2.19. The van der Waals surface area contributed by atoms with Gasteiger partial charge in [-0.3, -0.25) is 9.69 Å². The van der Waals surface area contributed by atoms with Crippen LogP contribution in [0.1, 0.15) is 22.3 Å². The molecule has 2 aromatic rings. The number of hydrogen-bond donors (Lipinski definition) is 2. The first-order valence-corrected chi connectivity index (χ1v) is 9.06. The number of benzene rings is 1. The molecule has 3 heterocycles. The van der Waals surface area contributed by atoms with Crippen molar-refractivity contribution in [1.29, 1.82) is 0 Å². The van der Waals surface area contributed by atoms with E-state index in [0.717, 1.165) is 12.0 Å². The van der Waals surface area contributed by atoms with Crippen LogP contribution in [0.2, 0.25) is 5.02 Å². The summed E-state index contributed by atoms with van der Waals surface area (Å²) in [5, 5.41) is 13.0. The number of carbonyl (C=O) groups is 2. The molecule has 0 bridgehead atoms. The standard InChI is InChI=1S/C18H18ClN5O3/c19-13-8-20-17(21-9-13)22-14-4-5-23(10-14)16(25)12-2-1-11-3-6-24(18(26)27)15(11)7-12/h1-2,7-9,14H,3-6,10H2,(H,26,27)(H,20,21,22). The van der Waals surface area contributed by atoms with E-state index in [-0.39, 0.29) is 11.9 Å². The number of carbonyl (C=O) groups excluding carboxylic acids is 1. The van der Waals surface area contributed by atoms with Crippen LogP contribution >= 0.6 is 11.6 Å². The van der Waals surface area contributed by atoms with Gasteiger partial charge < -0.3 is 15.3 Å². The zero-order chi connectivity index (χ0) is 19.0. The van der Waals surface area contributed by atoms with Gasteiger partial charge in [0.1, 0.15) is 0 Å². The van der Waals surface area contributed by atoms with E-state index < -0.39 is 6.09 Å². The van der Waals surface area contributed by atoms with Crippen LogP contribution in [0.15, 0.2) is 30.6 Å². The van der Waals surface area contributed by atoms with Crippen molar-refractivity contribution < 1.29 is 14.7 Å². The van der Waals surface area contributed by atoms with E-state index in [9.17, 15) is 14.7 Å². The Kier molecular flexibility index (Phi) is 4.57. The molecule has 0 radical (unpaired) electrons. The molecule has 2 N–H and O–H groups in total. The molecule has 9 heteroatoms. The van der Waals surface area contributed by atoms with Gasteiger partial charge in [0.2, 0.25) is 5.95 Å². The highest BCUT2D eigenvalue weighted by molar-refractivity contribution is 6.30. The summed E-state index contributed by atoms with van der Waals surface area (Å²) < 4.78 is 0. The molecular formula is C18H18ClN5O3. The Bertz CT molecular complexity index is 889. The monoisotopic (exact) mass is 387 g/mol. The lowest BCUT2D eigenvalue weighted by atomic mass is 10.1. The van der Waals surface area contributed by atoms with Gasteiger partial charge in [0.05, 0.1) is 23.1 Å². The van der Waals surface area contributed by atoms with Crippen molar-refractivity contribution in [3.05, 3.63) is 46.7 Å². The fourth-order valence-corrected chi connectivity index (χ4v) is 3.62. The molecule has 0 aliphatic carbocycles. The summed E-state index contributed by atoms with van der Waals surface area (Å²) >= 11 is 5.79. The molecule has 4 rings (SSSR count). The van der Waals surface area contributed by atoms with Crippen LogP contribution in [0.3, 0.4) is 0 Å². The largest absolute Gasteiger partial charge is 0.465 e. The fourth-order valence-electron chi connectivity index (χ4n) is 3.53. The average Bonchev–Trinajstić information content (AvgIpc) is 3.29. The first kappa shape index (κ1) is 17.5. The average molecular weight is 388 g/mol. The second-order valence-corrected chi connectivity index (χ2v) is 7.07. The Labute approximate surface area is 160 Å². The number of likely N-dealkylation sites (tertiary alicyclic amines) is 1. The summed E-state index contributed by atoms with van der Waals surface area (Å²) in [6, 6.07) is 5.36. The SMILES string of the molecule is O=C(c1ccc2c(c1)N(C(=O)O)CC2)N1CCC(Nc2ncc(Cl)cn2)C1. The molecule has 1 unspecified atom stereocenters. The van der Waals surface area contributed by atoms with Crippen molar-refractivity contribution in [2.75, 3.05) is 29.9 Å². The fraction of sp³-hybridized carbons (Fsp3) is 0.333. The first-order chi connectivity index (χ1) is 13.0. The maximum atomic E-state index is 12.8. The highest BCUT2D eigenvalue weighted by Crippen LogP contribution is 2.30. The van der Waals surface area contributed by atoms with E-state index in [1.807, 2.05) is 6.07 Å². The third-order valence-corrected chi connectivity index (χ3v) is 5.08. The number of amides is 2. The smallest absolute Gasteiger partial charge is 0.411 e. The molecule has 0 saturated carbocycles. The molecular weight excluding hydrogens is 370 g/mol. The number of anilines is 2. The number of hydrogen-bond acceptors (Lipinski definition) is 5. The van der Waals surface area contributed by atoms with Gasteiger partial charge in [-0.05, 0) is 30.5 Å². The van der Waals surface area contributed by atoms with E-state index in [0.29, 0.717) is 48.3 Å². The third-order valence-electron chi connectivity index (χ3n) is 4.89. The molecule has 1 aromatic carbocycles. The summed E-state index contributed by atoms with van der Waals surface area (Å²) in [7, 11) is 0. The van der Waals surface area contributed by atoms with Crippen LogP contribution in [0.25, 0.3) is 0 Å². The van der Waals surface area contributed by atoms with Crippen LogP contribution in [0.4, 0.5) is 16.4 Å². The van der Waals surface area contributed by atoms with Crippen molar-refractivity contribution in [1.82, 2.24) is 14.9 Å². The number of rotatable bonds is 3. The van der Waals surface area contributed by atoms with Crippen molar-refractivity contribution >= 4 is 35.2 Å². The van der Waals surface area contributed by atoms with E-state index in [2.05, 4.69) is 15.3 Å². The number of halogens is 1. The Morgan fingerprint density at radius 1 is 1.22 bits per heavy atom. The van der Waals surface area contributed by atoms with Gasteiger partial charge in [0.15, 0.2) is 0 Å². The van der Waals surface area contributed by atoms with E-state index in [1.54, 1.807) is 17.0 Å². The van der Waals surface area contributed by atoms with Crippen molar-refractivity contribution in [3.63, 3.8) is 0 Å². The minimum Gasteiger partial charge on any atom is -0.465 e. The second-order valence-electron chi connectivity index (χ2n) is 6.63. The molecule has 8 nitrogen and oxygen atoms in total. The molecule has 1 aromatic heterocycles. The molecule has 2 aliphatic rings. The summed E-state index contributed by atoms with van der Waals surface area (Å²) in [6.07, 6.45) is 3.50. The highest BCUT2D eigenvalue weighted by Gasteiger charge is 2.30. The van der Waals surface area contributed by atoms with Gasteiger partial charge in [0.25, 0.3) is 5.91 Å². The normalized spacial score (nSPS) is 18.5. The van der Waals surface area contributed by atoms with Crippen LogP contribution < -0.4 is 10.2 Å². The van der Waals surface area contributed by atoms with Crippen LogP contribution in [0, 0.1) is 0 Å². The second kappa shape index (κ2) is 7.03.